The minimum Gasteiger partial charge on any atom is -0.508 e. The van der Waals surface area contributed by atoms with E-state index < -0.39 is 0 Å². The van der Waals surface area contributed by atoms with Crippen molar-refractivity contribution in [2.45, 2.75) is 45.2 Å². The van der Waals surface area contributed by atoms with E-state index in [9.17, 15) is 9.50 Å². The van der Waals surface area contributed by atoms with Crippen molar-refractivity contribution in [3.63, 3.8) is 0 Å². The van der Waals surface area contributed by atoms with Gasteiger partial charge in [-0.2, -0.15) is 0 Å². The number of aryl methyl sites for hydroxylation is 1. The Balaban J connectivity index is 1.43. The lowest BCUT2D eigenvalue weighted by atomic mass is 10.1. The van der Waals surface area contributed by atoms with Crippen LogP contribution in [0.5, 0.6) is 5.75 Å². The summed E-state index contributed by atoms with van der Waals surface area (Å²) in [5.41, 5.74) is 4.47. The van der Waals surface area contributed by atoms with E-state index in [1.54, 1.807) is 30.5 Å². The van der Waals surface area contributed by atoms with Gasteiger partial charge in [0.1, 0.15) is 17.4 Å². The third-order valence-corrected chi connectivity index (χ3v) is 7.04. The summed E-state index contributed by atoms with van der Waals surface area (Å²) in [6.07, 6.45) is 7.80. The number of nitrogens with zero attached hydrogens (tertiary/aromatic N) is 5. The quantitative estimate of drug-likeness (QED) is 0.250. The molecular weight excluding hydrogens is 467 g/mol. The Morgan fingerprint density at radius 1 is 1.08 bits per heavy atom. The molecule has 0 radical (unpaired) electrons. The number of benzene rings is 2. The minimum absolute atomic E-state index is 0.169. The molecule has 1 atom stereocenters. The zero-order chi connectivity index (χ0) is 25.4. The first-order valence-electron chi connectivity index (χ1n) is 12.8. The van der Waals surface area contributed by atoms with Crippen LogP contribution in [-0.4, -0.2) is 35.7 Å². The summed E-state index contributed by atoms with van der Waals surface area (Å²) in [4.78, 5) is 14.3. The van der Waals surface area contributed by atoms with Crippen LogP contribution in [0.25, 0.3) is 33.5 Å². The van der Waals surface area contributed by atoms with E-state index in [2.05, 4.69) is 32.6 Å². The predicted octanol–water partition coefficient (Wildman–Crippen LogP) is 6.21. The molecule has 6 rings (SSSR count). The Morgan fingerprint density at radius 3 is 2.78 bits per heavy atom. The van der Waals surface area contributed by atoms with Crippen LogP contribution in [0.4, 0.5) is 10.3 Å². The van der Waals surface area contributed by atoms with Crippen molar-refractivity contribution in [1.82, 2.24) is 24.1 Å². The fourth-order valence-electron chi connectivity index (χ4n) is 5.23. The van der Waals surface area contributed by atoms with Gasteiger partial charge in [0.15, 0.2) is 0 Å². The van der Waals surface area contributed by atoms with Crippen molar-refractivity contribution in [2.24, 2.45) is 0 Å². The molecule has 0 spiro atoms. The van der Waals surface area contributed by atoms with Crippen LogP contribution in [0.1, 0.15) is 38.1 Å². The molecule has 1 aliphatic heterocycles. The molecule has 2 aromatic carbocycles. The van der Waals surface area contributed by atoms with Gasteiger partial charge in [0, 0.05) is 48.4 Å². The normalized spacial score (nSPS) is 14.8. The van der Waals surface area contributed by atoms with Crippen LogP contribution in [0.3, 0.4) is 0 Å². The molecule has 5 aromatic rings. The zero-order valence-corrected chi connectivity index (χ0v) is 20.7. The van der Waals surface area contributed by atoms with Gasteiger partial charge >= 0.3 is 0 Å². The number of hydrogen-bond donors (Lipinski definition) is 2. The second-order valence-corrected chi connectivity index (χ2v) is 9.55. The summed E-state index contributed by atoms with van der Waals surface area (Å²) in [5, 5.41) is 14.2. The fourth-order valence-corrected chi connectivity index (χ4v) is 5.23. The van der Waals surface area contributed by atoms with Crippen molar-refractivity contribution in [3.8, 4) is 28.4 Å². The Bertz CT molecular complexity index is 1550. The molecule has 0 saturated carbocycles. The van der Waals surface area contributed by atoms with E-state index >= 15 is 0 Å². The zero-order valence-electron chi connectivity index (χ0n) is 20.7. The van der Waals surface area contributed by atoms with Crippen LogP contribution >= 0.6 is 0 Å². The average Bonchev–Trinajstić information content (AvgIpc) is 3.59. The van der Waals surface area contributed by atoms with Crippen LogP contribution in [0.15, 0.2) is 67.0 Å². The summed E-state index contributed by atoms with van der Waals surface area (Å²) >= 11 is 0. The van der Waals surface area contributed by atoms with E-state index in [1.165, 1.54) is 12.1 Å². The number of nitrogens with one attached hydrogen (secondary N) is 1. The average molecular weight is 497 g/mol. The number of phenolic OH excluding ortho intramolecular Hbond substituents is 1. The Hall–Kier alpha value is -4.20. The number of imidazole rings is 1. The number of aromatic nitrogens is 5. The second-order valence-electron chi connectivity index (χ2n) is 9.55. The van der Waals surface area contributed by atoms with Gasteiger partial charge in [-0.1, -0.05) is 13.3 Å². The van der Waals surface area contributed by atoms with Gasteiger partial charge in [0.2, 0.25) is 5.95 Å². The van der Waals surface area contributed by atoms with Crippen LogP contribution in [0, 0.1) is 5.82 Å². The molecular formula is C29H29FN6O. The number of halogens is 1. The highest BCUT2D eigenvalue weighted by Crippen LogP contribution is 2.40. The topological polar surface area (TPSA) is 80.8 Å². The highest BCUT2D eigenvalue weighted by Gasteiger charge is 2.31. The van der Waals surface area contributed by atoms with Gasteiger partial charge in [0.25, 0.3) is 0 Å². The smallest absolute Gasteiger partial charge is 0.223 e. The minimum atomic E-state index is -0.273. The summed E-state index contributed by atoms with van der Waals surface area (Å²) in [6, 6.07) is 16.1. The molecule has 188 valence electrons. The number of hydrogen-bond acceptors (Lipinski definition) is 5. The molecule has 0 fully saturated rings. The first-order chi connectivity index (χ1) is 18.1. The molecule has 1 unspecified atom stereocenters. The number of aromatic hydroxyl groups is 1. The van der Waals surface area contributed by atoms with Crippen LogP contribution in [-0.2, 0) is 13.0 Å². The van der Waals surface area contributed by atoms with Gasteiger partial charge in [-0.15, -0.1) is 0 Å². The van der Waals surface area contributed by atoms with Crippen molar-refractivity contribution >= 4 is 16.9 Å². The van der Waals surface area contributed by atoms with E-state index in [4.69, 9.17) is 9.97 Å². The van der Waals surface area contributed by atoms with Gasteiger partial charge in [-0.25, -0.2) is 19.3 Å². The van der Waals surface area contributed by atoms with Gasteiger partial charge in [0.05, 0.1) is 23.1 Å². The lowest BCUT2D eigenvalue weighted by molar-refractivity contribution is 0.459. The van der Waals surface area contributed by atoms with Crippen molar-refractivity contribution in [3.05, 3.63) is 78.6 Å². The summed E-state index contributed by atoms with van der Waals surface area (Å²) in [7, 11) is 0. The third kappa shape index (κ3) is 4.43. The second kappa shape index (κ2) is 9.69. The lowest BCUT2D eigenvalue weighted by Gasteiger charge is -2.19. The van der Waals surface area contributed by atoms with Crippen LogP contribution < -0.4 is 5.32 Å². The SMILES string of the molecule is CCCCNc1nccc(-c2c(-c3ccc(F)cc3)nc3n2C(Cn2ccc4cc(O)ccc42)CC3)n1. The maximum atomic E-state index is 13.7. The molecule has 8 heteroatoms. The molecule has 0 bridgehead atoms. The van der Waals surface area contributed by atoms with Crippen molar-refractivity contribution < 1.29 is 9.50 Å². The Kier molecular flexibility index (Phi) is 6.08. The third-order valence-electron chi connectivity index (χ3n) is 7.04. The summed E-state index contributed by atoms with van der Waals surface area (Å²) in [6.45, 7) is 3.73. The number of unbranched alkanes of at least 4 members (excludes halogenated alkanes) is 1. The largest absolute Gasteiger partial charge is 0.508 e. The van der Waals surface area contributed by atoms with Crippen LogP contribution in [0.2, 0.25) is 0 Å². The van der Waals surface area contributed by atoms with Crippen molar-refractivity contribution in [1.29, 1.82) is 0 Å². The number of fused-ring (bicyclic) bond motifs is 2. The van der Waals surface area contributed by atoms with E-state index in [0.717, 1.165) is 78.1 Å². The Morgan fingerprint density at radius 2 is 1.95 bits per heavy atom. The lowest BCUT2D eigenvalue weighted by Crippen LogP contribution is -2.14. The molecule has 7 nitrogen and oxygen atoms in total. The van der Waals surface area contributed by atoms with Crippen molar-refractivity contribution in [2.75, 3.05) is 11.9 Å². The van der Waals surface area contributed by atoms with Gasteiger partial charge < -0.3 is 19.6 Å². The summed E-state index contributed by atoms with van der Waals surface area (Å²) < 4.78 is 18.3. The molecule has 0 amide bonds. The molecule has 3 aromatic heterocycles. The Labute approximate surface area is 214 Å². The van der Waals surface area contributed by atoms with E-state index in [0.29, 0.717) is 5.95 Å². The first kappa shape index (κ1) is 23.2. The molecule has 0 aliphatic carbocycles. The van der Waals surface area contributed by atoms with Gasteiger partial charge in [-0.05, 0) is 67.4 Å². The number of phenols is 1. The molecule has 4 heterocycles. The molecule has 0 saturated heterocycles. The molecule has 1 aliphatic rings. The van der Waals surface area contributed by atoms with E-state index in [-0.39, 0.29) is 17.6 Å². The monoisotopic (exact) mass is 496 g/mol. The highest BCUT2D eigenvalue weighted by molar-refractivity contribution is 5.82. The predicted molar refractivity (Wildman–Crippen MR) is 143 cm³/mol. The summed E-state index contributed by atoms with van der Waals surface area (Å²) in [5.74, 6) is 1.59. The van der Waals surface area contributed by atoms with E-state index in [1.807, 2.05) is 18.2 Å². The van der Waals surface area contributed by atoms with Gasteiger partial charge in [-0.3, -0.25) is 0 Å². The molecule has 2 N–H and O–H groups in total. The fraction of sp³-hybridized carbons (Fsp3) is 0.276. The number of anilines is 1. The molecule has 37 heavy (non-hydrogen) atoms. The maximum absolute atomic E-state index is 13.7. The first-order valence-corrected chi connectivity index (χ1v) is 12.8. The maximum Gasteiger partial charge on any atom is 0.223 e. The standard InChI is InChI=1S/C29H29FN6O/c1-2-3-14-31-29-32-15-12-24(33-29)28-27(19-4-6-21(30)7-5-19)34-26-11-8-22(36(26)28)18-35-16-13-20-17-23(37)9-10-25(20)35/h4-7,9-10,12-13,15-17,22,37H,2-3,8,11,14,18H2,1H3,(H,31,32,33). The highest BCUT2D eigenvalue weighted by atomic mass is 19.1. The number of rotatable bonds is 8.